The van der Waals surface area contributed by atoms with Gasteiger partial charge >= 0.3 is 0 Å². The first kappa shape index (κ1) is 13.1. The molecule has 2 rings (SSSR count). The Bertz CT molecular complexity index is 441. The predicted octanol–water partition coefficient (Wildman–Crippen LogP) is 1.21. The van der Waals surface area contributed by atoms with Crippen LogP contribution in [-0.2, 0) is 5.41 Å². The van der Waals surface area contributed by atoms with Crippen LogP contribution in [0, 0.1) is 5.41 Å². The lowest BCUT2D eigenvalue weighted by Gasteiger charge is -2.14. The maximum absolute atomic E-state index is 11.9. The summed E-state index contributed by atoms with van der Waals surface area (Å²) in [4.78, 5) is 11.9. The molecule has 0 unspecified atom stereocenters. The van der Waals surface area contributed by atoms with Gasteiger partial charge < -0.3 is 10.4 Å². The van der Waals surface area contributed by atoms with E-state index in [4.69, 9.17) is 0 Å². The third-order valence-corrected chi connectivity index (χ3v) is 3.53. The Balaban J connectivity index is 1.95. The van der Waals surface area contributed by atoms with Crippen molar-refractivity contribution < 1.29 is 9.90 Å². The van der Waals surface area contributed by atoms with Crippen molar-refractivity contribution in [3.05, 3.63) is 17.5 Å². The molecule has 1 amide bonds. The minimum atomic E-state index is -0.179. The number of carbonyl (C=O) groups excluding carboxylic acids is 1. The van der Waals surface area contributed by atoms with Crippen LogP contribution >= 0.6 is 0 Å². The van der Waals surface area contributed by atoms with E-state index in [1.54, 1.807) is 6.07 Å². The first-order valence-corrected chi connectivity index (χ1v) is 6.31. The number of carbonyl (C=O) groups is 1. The van der Waals surface area contributed by atoms with Gasteiger partial charge in [-0.2, -0.15) is 5.10 Å². The highest BCUT2D eigenvalue weighted by molar-refractivity contribution is 5.92. The molecule has 1 aliphatic carbocycles. The van der Waals surface area contributed by atoms with Gasteiger partial charge in [0.2, 0.25) is 0 Å². The van der Waals surface area contributed by atoms with Gasteiger partial charge in [-0.3, -0.25) is 9.89 Å². The maximum Gasteiger partial charge on any atom is 0.271 e. The molecule has 0 radical (unpaired) electrons. The molecule has 0 bridgehead atoms. The largest absolute Gasteiger partial charge is 0.396 e. The zero-order chi connectivity index (χ0) is 13.4. The molecule has 5 heteroatoms. The molecule has 3 N–H and O–H groups in total. The van der Waals surface area contributed by atoms with Gasteiger partial charge in [0.25, 0.3) is 5.91 Å². The molecule has 5 nitrogen and oxygen atoms in total. The van der Waals surface area contributed by atoms with Crippen molar-refractivity contribution in [2.24, 2.45) is 5.41 Å². The van der Waals surface area contributed by atoms with Gasteiger partial charge in [0.15, 0.2) is 0 Å². The lowest BCUT2D eigenvalue weighted by atomic mass is 9.92. The summed E-state index contributed by atoms with van der Waals surface area (Å²) >= 11 is 0. The number of nitrogens with zero attached hydrogens (tertiary/aromatic N) is 1. The maximum atomic E-state index is 11.9. The quantitative estimate of drug-likeness (QED) is 0.752. The Hall–Kier alpha value is -1.36. The van der Waals surface area contributed by atoms with Crippen molar-refractivity contribution in [2.75, 3.05) is 13.2 Å². The van der Waals surface area contributed by atoms with Gasteiger partial charge in [-0.05, 0) is 18.9 Å². The molecule has 0 aromatic carbocycles. The Morgan fingerprint density at radius 2 is 2.22 bits per heavy atom. The Kier molecular flexibility index (Phi) is 3.19. The molecule has 1 saturated carbocycles. The van der Waals surface area contributed by atoms with Crippen LogP contribution in [0.4, 0.5) is 0 Å². The molecule has 0 aliphatic heterocycles. The first-order valence-electron chi connectivity index (χ1n) is 6.31. The second-order valence-electron chi connectivity index (χ2n) is 6.26. The van der Waals surface area contributed by atoms with Crippen LogP contribution in [0.25, 0.3) is 0 Å². The van der Waals surface area contributed by atoms with Crippen molar-refractivity contribution in [1.82, 2.24) is 15.5 Å². The van der Waals surface area contributed by atoms with E-state index in [1.807, 2.05) is 0 Å². The van der Waals surface area contributed by atoms with Gasteiger partial charge in [-0.25, -0.2) is 0 Å². The first-order chi connectivity index (χ1) is 8.36. The molecule has 1 heterocycles. The predicted molar refractivity (Wildman–Crippen MR) is 68.4 cm³/mol. The highest BCUT2D eigenvalue weighted by Crippen LogP contribution is 2.44. The van der Waals surface area contributed by atoms with E-state index < -0.39 is 0 Å². The number of aliphatic hydroxyl groups is 1. The highest BCUT2D eigenvalue weighted by Gasteiger charge is 2.42. The summed E-state index contributed by atoms with van der Waals surface area (Å²) in [6.07, 6.45) is 1.97. The average molecular weight is 251 g/mol. The van der Waals surface area contributed by atoms with Crippen LogP contribution in [0.5, 0.6) is 0 Å². The van der Waals surface area contributed by atoms with Gasteiger partial charge in [-0.1, -0.05) is 20.8 Å². The standard InChI is InChI=1S/C13H21N3O2/c1-12(2,3)10-6-9(15-16-10)11(18)14-7-13(8-17)4-5-13/h6,17H,4-5,7-8H2,1-3H3,(H,14,18)(H,15,16). The second-order valence-corrected chi connectivity index (χ2v) is 6.26. The number of hydrogen-bond acceptors (Lipinski definition) is 3. The minimum Gasteiger partial charge on any atom is -0.396 e. The SMILES string of the molecule is CC(C)(C)c1cc(C(=O)NCC2(CO)CC2)n[nH]1. The molecule has 0 saturated heterocycles. The summed E-state index contributed by atoms with van der Waals surface area (Å²) in [5.41, 5.74) is 1.23. The van der Waals surface area contributed by atoms with E-state index in [2.05, 4.69) is 36.3 Å². The number of hydrogen-bond donors (Lipinski definition) is 3. The number of nitrogens with one attached hydrogen (secondary N) is 2. The van der Waals surface area contributed by atoms with E-state index in [-0.39, 0.29) is 23.3 Å². The second kappa shape index (κ2) is 4.39. The lowest BCUT2D eigenvalue weighted by Crippen LogP contribution is -2.32. The summed E-state index contributed by atoms with van der Waals surface area (Å²) in [6, 6.07) is 1.79. The van der Waals surface area contributed by atoms with Crippen molar-refractivity contribution >= 4 is 5.91 Å². The van der Waals surface area contributed by atoms with Crippen LogP contribution in [0.3, 0.4) is 0 Å². The van der Waals surface area contributed by atoms with Crippen LogP contribution in [-0.4, -0.2) is 34.4 Å². The summed E-state index contributed by atoms with van der Waals surface area (Å²) in [6.45, 7) is 6.86. The van der Waals surface area contributed by atoms with Crippen molar-refractivity contribution in [2.45, 2.75) is 39.0 Å². The number of aliphatic hydroxyl groups excluding tert-OH is 1. The Labute approximate surface area is 107 Å². The molecular weight excluding hydrogens is 230 g/mol. The van der Waals surface area contributed by atoms with Crippen LogP contribution in [0.1, 0.15) is 49.8 Å². The number of rotatable bonds is 4. The van der Waals surface area contributed by atoms with E-state index in [9.17, 15) is 9.90 Å². The van der Waals surface area contributed by atoms with Gasteiger partial charge in [0.05, 0.1) is 6.61 Å². The number of H-pyrrole nitrogens is 1. The van der Waals surface area contributed by atoms with E-state index in [0.29, 0.717) is 12.2 Å². The van der Waals surface area contributed by atoms with E-state index in [0.717, 1.165) is 18.5 Å². The van der Waals surface area contributed by atoms with E-state index in [1.165, 1.54) is 0 Å². The zero-order valence-corrected chi connectivity index (χ0v) is 11.2. The normalized spacial score (nSPS) is 17.6. The molecule has 0 spiro atoms. The van der Waals surface area contributed by atoms with E-state index >= 15 is 0 Å². The number of aromatic nitrogens is 2. The lowest BCUT2D eigenvalue weighted by molar-refractivity contribution is 0.0930. The molecule has 0 atom stereocenters. The average Bonchev–Trinajstić information content (AvgIpc) is 2.90. The van der Waals surface area contributed by atoms with Gasteiger partial charge in [0, 0.05) is 23.1 Å². The monoisotopic (exact) mass is 251 g/mol. The smallest absolute Gasteiger partial charge is 0.271 e. The van der Waals surface area contributed by atoms with Gasteiger partial charge in [-0.15, -0.1) is 0 Å². The third-order valence-electron chi connectivity index (χ3n) is 3.53. The Morgan fingerprint density at radius 1 is 1.56 bits per heavy atom. The third kappa shape index (κ3) is 2.72. The molecule has 1 aliphatic rings. The fraction of sp³-hybridized carbons (Fsp3) is 0.692. The van der Waals surface area contributed by atoms with Gasteiger partial charge in [0.1, 0.15) is 5.69 Å². The molecule has 18 heavy (non-hydrogen) atoms. The van der Waals surface area contributed by atoms with Crippen molar-refractivity contribution in [1.29, 1.82) is 0 Å². The van der Waals surface area contributed by atoms with Crippen molar-refractivity contribution in [3.63, 3.8) is 0 Å². The zero-order valence-electron chi connectivity index (χ0n) is 11.2. The fourth-order valence-corrected chi connectivity index (χ4v) is 1.75. The number of amides is 1. The topological polar surface area (TPSA) is 78.0 Å². The Morgan fingerprint density at radius 3 is 2.67 bits per heavy atom. The molecule has 1 aromatic rings. The molecular formula is C13H21N3O2. The molecule has 1 fully saturated rings. The minimum absolute atomic E-state index is 0.0473. The van der Waals surface area contributed by atoms with Crippen LogP contribution < -0.4 is 5.32 Å². The summed E-state index contributed by atoms with van der Waals surface area (Å²) in [7, 11) is 0. The molecule has 100 valence electrons. The number of aromatic amines is 1. The summed E-state index contributed by atoms with van der Waals surface area (Å²) in [5, 5.41) is 18.9. The highest BCUT2D eigenvalue weighted by atomic mass is 16.3. The van der Waals surface area contributed by atoms with Crippen LogP contribution in [0.15, 0.2) is 6.07 Å². The summed E-state index contributed by atoms with van der Waals surface area (Å²) < 4.78 is 0. The van der Waals surface area contributed by atoms with Crippen LogP contribution in [0.2, 0.25) is 0 Å². The van der Waals surface area contributed by atoms with Crippen molar-refractivity contribution in [3.8, 4) is 0 Å². The molecule has 1 aromatic heterocycles. The summed E-state index contributed by atoms with van der Waals surface area (Å²) in [5.74, 6) is -0.179. The fourth-order valence-electron chi connectivity index (χ4n) is 1.75.